The lowest BCUT2D eigenvalue weighted by molar-refractivity contribution is -0.0494. The van der Waals surface area contributed by atoms with Crippen molar-refractivity contribution in [3.8, 4) is 16.9 Å². The molecule has 0 atom stereocenters. The molecule has 25 heavy (non-hydrogen) atoms. The number of alkyl halides is 2. The van der Waals surface area contributed by atoms with Crippen molar-refractivity contribution in [2.75, 3.05) is 0 Å². The molecule has 1 heterocycles. The van der Waals surface area contributed by atoms with E-state index in [4.69, 9.17) is 11.6 Å². The highest BCUT2D eigenvalue weighted by atomic mass is 35.5. The lowest BCUT2D eigenvalue weighted by atomic mass is 9.99. The Morgan fingerprint density at radius 1 is 1.00 bits per heavy atom. The topological polar surface area (TPSA) is 22.1 Å². The maximum Gasteiger partial charge on any atom is 0.387 e. The predicted octanol–water partition coefficient (Wildman–Crippen LogP) is 5.73. The Kier molecular flexibility index (Phi) is 5.24. The zero-order valence-corrected chi connectivity index (χ0v) is 13.7. The number of rotatable bonds is 5. The molecule has 0 spiro atoms. The van der Waals surface area contributed by atoms with Gasteiger partial charge in [-0.2, -0.15) is 13.2 Å². The molecule has 0 radical (unpaired) electrons. The molecule has 0 bridgehead atoms. The van der Waals surface area contributed by atoms with Crippen LogP contribution in [0.3, 0.4) is 0 Å². The Bertz CT molecular complexity index is 869. The third-order valence-corrected chi connectivity index (χ3v) is 3.83. The highest BCUT2D eigenvalue weighted by molar-refractivity contribution is 6.30. The third-order valence-electron chi connectivity index (χ3n) is 3.59. The van der Waals surface area contributed by atoms with Gasteiger partial charge in [-0.3, -0.25) is 0 Å². The van der Waals surface area contributed by atoms with Crippen LogP contribution in [0.15, 0.2) is 60.8 Å². The number of halogens is 4. The summed E-state index contributed by atoms with van der Waals surface area (Å²) < 4.78 is 42.9. The molecule has 0 aliphatic carbocycles. The van der Waals surface area contributed by atoms with Crippen molar-refractivity contribution in [2.45, 2.75) is 13.0 Å². The fourth-order valence-electron chi connectivity index (χ4n) is 2.51. The average Bonchev–Trinajstić information content (AvgIpc) is 2.58. The fourth-order valence-corrected chi connectivity index (χ4v) is 2.70. The van der Waals surface area contributed by atoms with E-state index in [1.165, 1.54) is 18.3 Å². The second kappa shape index (κ2) is 7.57. The van der Waals surface area contributed by atoms with Gasteiger partial charge in [-0.25, -0.2) is 4.98 Å². The van der Waals surface area contributed by atoms with E-state index in [0.717, 1.165) is 11.1 Å². The summed E-state index contributed by atoms with van der Waals surface area (Å²) in [7, 11) is 0. The van der Waals surface area contributed by atoms with Gasteiger partial charge in [-0.1, -0.05) is 35.9 Å². The van der Waals surface area contributed by atoms with E-state index in [1.54, 1.807) is 42.5 Å². The van der Waals surface area contributed by atoms with Crippen LogP contribution in [-0.2, 0) is 6.42 Å². The third kappa shape index (κ3) is 4.51. The minimum absolute atomic E-state index is 0.0678. The zero-order chi connectivity index (χ0) is 17.8. The average molecular weight is 364 g/mol. The number of ether oxygens (including phenoxy) is 1. The molecule has 0 amide bonds. The number of hydrogen-bond donors (Lipinski definition) is 0. The molecule has 3 rings (SSSR count). The van der Waals surface area contributed by atoms with Gasteiger partial charge in [0.1, 0.15) is 5.75 Å². The molecule has 6 heteroatoms. The molecule has 0 N–H and O–H groups in total. The summed E-state index contributed by atoms with van der Waals surface area (Å²) in [6.45, 7) is -2.93. The minimum Gasteiger partial charge on any atom is -0.434 e. The first-order chi connectivity index (χ1) is 12.0. The van der Waals surface area contributed by atoms with Gasteiger partial charge in [0.2, 0.25) is 5.95 Å². The second-order valence-electron chi connectivity index (χ2n) is 5.39. The normalized spacial score (nSPS) is 10.9. The highest BCUT2D eigenvalue weighted by Crippen LogP contribution is 2.34. The van der Waals surface area contributed by atoms with Crippen molar-refractivity contribution in [1.82, 2.24) is 4.98 Å². The van der Waals surface area contributed by atoms with Crippen molar-refractivity contribution in [2.24, 2.45) is 0 Å². The summed E-state index contributed by atoms with van der Waals surface area (Å²) >= 11 is 6.00. The van der Waals surface area contributed by atoms with Crippen molar-refractivity contribution in [3.05, 3.63) is 82.9 Å². The zero-order valence-electron chi connectivity index (χ0n) is 12.9. The van der Waals surface area contributed by atoms with E-state index in [0.29, 0.717) is 22.6 Å². The number of aromatic nitrogens is 1. The standard InChI is InChI=1S/C19H13ClF3NO/c20-15-3-1-2-14(10-15)16-9-12(4-6-17(16)25-19(22)23)8-13-5-7-18(21)24-11-13/h1-7,9-11,19H,8H2. The number of benzene rings is 2. The van der Waals surface area contributed by atoms with Crippen LogP contribution in [0.5, 0.6) is 5.75 Å². The lowest BCUT2D eigenvalue weighted by Gasteiger charge is -2.13. The molecule has 0 unspecified atom stereocenters. The van der Waals surface area contributed by atoms with Gasteiger partial charge in [-0.15, -0.1) is 0 Å². The van der Waals surface area contributed by atoms with E-state index in [9.17, 15) is 13.2 Å². The molecule has 0 fully saturated rings. The molecule has 0 saturated heterocycles. The Morgan fingerprint density at radius 3 is 2.48 bits per heavy atom. The first kappa shape index (κ1) is 17.3. The fraction of sp³-hybridized carbons (Fsp3) is 0.105. The summed E-state index contributed by atoms with van der Waals surface area (Å²) in [6.07, 6.45) is 1.92. The second-order valence-corrected chi connectivity index (χ2v) is 5.82. The van der Waals surface area contributed by atoms with Crippen LogP contribution >= 0.6 is 11.6 Å². The molecule has 0 saturated carbocycles. The van der Waals surface area contributed by atoms with Crippen LogP contribution in [-0.4, -0.2) is 11.6 Å². The summed E-state index contributed by atoms with van der Waals surface area (Å²) in [5, 5.41) is 0.494. The molecule has 2 nitrogen and oxygen atoms in total. The van der Waals surface area contributed by atoms with E-state index in [2.05, 4.69) is 9.72 Å². The Hall–Kier alpha value is -2.53. The Morgan fingerprint density at radius 2 is 1.80 bits per heavy atom. The van der Waals surface area contributed by atoms with Gasteiger partial charge in [0.05, 0.1) is 0 Å². The van der Waals surface area contributed by atoms with E-state index in [-0.39, 0.29) is 5.75 Å². The molecule has 0 aliphatic rings. The first-order valence-corrected chi connectivity index (χ1v) is 7.83. The molecule has 128 valence electrons. The van der Waals surface area contributed by atoms with Crippen LogP contribution < -0.4 is 4.74 Å². The molecule has 2 aromatic carbocycles. The maximum absolute atomic E-state index is 12.9. The summed E-state index contributed by atoms with van der Waals surface area (Å²) in [6, 6.07) is 14.7. The highest BCUT2D eigenvalue weighted by Gasteiger charge is 2.13. The quantitative estimate of drug-likeness (QED) is 0.540. The van der Waals surface area contributed by atoms with Crippen LogP contribution in [0.2, 0.25) is 5.02 Å². The van der Waals surface area contributed by atoms with Gasteiger partial charge in [0.15, 0.2) is 0 Å². The lowest BCUT2D eigenvalue weighted by Crippen LogP contribution is -2.03. The van der Waals surface area contributed by atoms with E-state index < -0.39 is 12.6 Å². The summed E-state index contributed by atoms with van der Waals surface area (Å²) in [5.41, 5.74) is 2.84. The molecule has 3 aromatic rings. The Balaban J connectivity index is 1.98. The van der Waals surface area contributed by atoms with Crippen LogP contribution in [0.25, 0.3) is 11.1 Å². The van der Waals surface area contributed by atoms with Crippen LogP contribution in [0, 0.1) is 5.95 Å². The van der Waals surface area contributed by atoms with Crippen molar-refractivity contribution in [1.29, 1.82) is 0 Å². The van der Waals surface area contributed by atoms with Gasteiger partial charge in [0.25, 0.3) is 0 Å². The molecule has 0 aliphatic heterocycles. The number of hydrogen-bond acceptors (Lipinski definition) is 2. The van der Waals surface area contributed by atoms with Gasteiger partial charge in [0, 0.05) is 16.8 Å². The monoisotopic (exact) mass is 363 g/mol. The van der Waals surface area contributed by atoms with E-state index in [1.807, 2.05) is 0 Å². The smallest absolute Gasteiger partial charge is 0.387 e. The van der Waals surface area contributed by atoms with Gasteiger partial charge < -0.3 is 4.74 Å². The van der Waals surface area contributed by atoms with Crippen LogP contribution in [0.4, 0.5) is 13.2 Å². The van der Waals surface area contributed by atoms with Crippen LogP contribution in [0.1, 0.15) is 11.1 Å². The number of nitrogens with zero attached hydrogens (tertiary/aromatic N) is 1. The molecular weight excluding hydrogens is 351 g/mol. The predicted molar refractivity (Wildman–Crippen MR) is 90.5 cm³/mol. The molecule has 1 aromatic heterocycles. The largest absolute Gasteiger partial charge is 0.434 e. The summed E-state index contributed by atoms with van der Waals surface area (Å²) in [5.74, 6) is -0.484. The van der Waals surface area contributed by atoms with Gasteiger partial charge in [-0.05, 0) is 53.4 Å². The van der Waals surface area contributed by atoms with Gasteiger partial charge >= 0.3 is 6.61 Å². The van der Waals surface area contributed by atoms with Crippen molar-refractivity contribution < 1.29 is 17.9 Å². The SMILES string of the molecule is Fc1ccc(Cc2ccc(OC(F)F)c(-c3cccc(Cl)c3)c2)cn1. The van der Waals surface area contributed by atoms with E-state index >= 15 is 0 Å². The van der Waals surface area contributed by atoms with Crippen molar-refractivity contribution >= 4 is 11.6 Å². The summed E-state index contributed by atoms with van der Waals surface area (Å²) in [4.78, 5) is 3.62. The Labute approximate surface area is 147 Å². The number of pyridine rings is 1. The first-order valence-electron chi connectivity index (χ1n) is 7.45. The van der Waals surface area contributed by atoms with Crippen molar-refractivity contribution in [3.63, 3.8) is 0 Å². The molecular formula is C19H13ClF3NO. The minimum atomic E-state index is -2.93. The maximum atomic E-state index is 12.9.